The van der Waals surface area contributed by atoms with Gasteiger partial charge < -0.3 is 4.57 Å². The van der Waals surface area contributed by atoms with Crippen LogP contribution in [0.15, 0.2) is 59.6 Å². The molecule has 0 aliphatic heterocycles. The van der Waals surface area contributed by atoms with Gasteiger partial charge in [0.15, 0.2) is 0 Å². The van der Waals surface area contributed by atoms with Crippen molar-refractivity contribution in [3.05, 3.63) is 64.6 Å². The van der Waals surface area contributed by atoms with E-state index in [1.807, 2.05) is 42.5 Å². The molecule has 20 heavy (non-hydrogen) atoms. The van der Waals surface area contributed by atoms with Crippen molar-refractivity contribution in [1.82, 2.24) is 9.55 Å². The van der Waals surface area contributed by atoms with Crippen molar-refractivity contribution in [2.75, 3.05) is 0 Å². The molecule has 0 radical (unpaired) electrons. The number of hydrogen-bond acceptors (Lipinski definition) is 1. The molecular weight excluding hydrogens is 336 g/mol. The quantitative estimate of drug-likeness (QED) is 0.631. The van der Waals surface area contributed by atoms with Crippen LogP contribution < -0.4 is 0 Å². The Morgan fingerprint density at radius 3 is 2.60 bits per heavy atom. The van der Waals surface area contributed by atoms with Gasteiger partial charge in [-0.2, -0.15) is 0 Å². The molecule has 0 unspecified atom stereocenters. The number of benzene rings is 2. The summed E-state index contributed by atoms with van der Waals surface area (Å²) in [6, 6.07) is 15.8. The SMILES string of the molecule is C=C(Br)Cn1c(-c2ccccc2Cl)nc2ccccc21. The molecule has 100 valence electrons. The summed E-state index contributed by atoms with van der Waals surface area (Å²) < 4.78 is 3.02. The van der Waals surface area contributed by atoms with Gasteiger partial charge >= 0.3 is 0 Å². The van der Waals surface area contributed by atoms with E-state index in [1.165, 1.54) is 0 Å². The number of aromatic nitrogens is 2. The molecule has 0 saturated heterocycles. The molecule has 0 N–H and O–H groups in total. The fraction of sp³-hybridized carbons (Fsp3) is 0.0625. The molecular formula is C16H12BrClN2. The third-order valence-electron chi connectivity index (χ3n) is 3.10. The molecule has 0 aliphatic carbocycles. The Balaban J connectivity index is 2.29. The molecule has 0 bridgehead atoms. The largest absolute Gasteiger partial charge is 0.319 e. The maximum Gasteiger partial charge on any atom is 0.142 e. The van der Waals surface area contributed by atoms with Gasteiger partial charge in [-0.15, -0.1) is 0 Å². The zero-order chi connectivity index (χ0) is 14.1. The summed E-state index contributed by atoms with van der Waals surface area (Å²) >= 11 is 9.74. The smallest absolute Gasteiger partial charge is 0.142 e. The van der Waals surface area contributed by atoms with Crippen LogP contribution in [0.3, 0.4) is 0 Å². The summed E-state index contributed by atoms with van der Waals surface area (Å²) in [6.45, 7) is 4.58. The lowest BCUT2D eigenvalue weighted by atomic mass is 10.2. The van der Waals surface area contributed by atoms with Crippen molar-refractivity contribution in [2.45, 2.75) is 6.54 Å². The highest BCUT2D eigenvalue weighted by Crippen LogP contribution is 2.30. The Hall–Kier alpha value is -1.58. The third-order valence-corrected chi connectivity index (χ3v) is 3.68. The highest BCUT2D eigenvalue weighted by Gasteiger charge is 2.14. The zero-order valence-corrected chi connectivity index (χ0v) is 13.0. The van der Waals surface area contributed by atoms with Gasteiger partial charge in [0, 0.05) is 10.0 Å². The minimum atomic E-state index is 0.654. The van der Waals surface area contributed by atoms with Crippen molar-refractivity contribution in [3.8, 4) is 11.4 Å². The average molecular weight is 348 g/mol. The van der Waals surface area contributed by atoms with Gasteiger partial charge in [-0.3, -0.25) is 0 Å². The number of halogens is 2. The maximum atomic E-state index is 6.31. The molecule has 0 aliphatic rings. The molecule has 0 fully saturated rings. The Kier molecular flexibility index (Phi) is 3.64. The number of imidazole rings is 1. The van der Waals surface area contributed by atoms with Gasteiger partial charge in [0.25, 0.3) is 0 Å². The number of fused-ring (bicyclic) bond motifs is 1. The number of rotatable bonds is 3. The first-order chi connectivity index (χ1) is 9.66. The predicted molar refractivity (Wildman–Crippen MR) is 88.2 cm³/mol. The van der Waals surface area contributed by atoms with Crippen molar-refractivity contribution in [3.63, 3.8) is 0 Å². The molecule has 4 heteroatoms. The fourth-order valence-electron chi connectivity index (χ4n) is 2.26. The van der Waals surface area contributed by atoms with Crippen LogP contribution in [0.5, 0.6) is 0 Å². The van der Waals surface area contributed by atoms with Gasteiger partial charge in [0.1, 0.15) is 5.82 Å². The van der Waals surface area contributed by atoms with Crippen LogP contribution in [-0.4, -0.2) is 9.55 Å². The van der Waals surface area contributed by atoms with Crippen LogP contribution >= 0.6 is 27.5 Å². The van der Waals surface area contributed by atoms with Gasteiger partial charge in [-0.05, 0) is 24.3 Å². The van der Waals surface area contributed by atoms with Crippen LogP contribution in [0.25, 0.3) is 22.4 Å². The summed E-state index contributed by atoms with van der Waals surface area (Å²) in [5.41, 5.74) is 2.96. The van der Waals surface area contributed by atoms with Crippen molar-refractivity contribution in [1.29, 1.82) is 0 Å². The topological polar surface area (TPSA) is 17.8 Å². The molecule has 2 aromatic carbocycles. The molecule has 3 aromatic rings. The molecule has 0 spiro atoms. The lowest BCUT2D eigenvalue weighted by Crippen LogP contribution is -2.00. The van der Waals surface area contributed by atoms with Crippen LogP contribution in [0.2, 0.25) is 5.02 Å². The van der Waals surface area contributed by atoms with E-state index >= 15 is 0 Å². The third kappa shape index (κ3) is 2.39. The standard InChI is InChI=1S/C16H12BrClN2/c1-11(17)10-20-15-9-5-4-8-14(15)19-16(20)12-6-2-3-7-13(12)18/h2-9H,1,10H2. The Labute approximate surface area is 130 Å². The molecule has 0 saturated carbocycles. The molecule has 0 atom stereocenters. The first kappa shape index (κ1) is 13.4. The number of nitrogens with zero attached hydrogens (tertiary/aromatic N) is 2. The second-order valence-electron chi connectivity index (χ2n) is 4.51. The zero-order valence-electron chi connectivity index (χ0n) is 10.7. The van der Waals surface area contributed by atoms with Gasteiger partial charge in [0.05, 0.1) is 22.6 Å². The molecule has 2 nitrogen and oxygen atoms in total. The molecule has 1 heterocycles. The normalized spacial score (nSPS) is 10.9. The monoisotopic (exact) mass is 346 g/mol. The Morgan fingerprint density at radius 1 is 1.15 bits per heavy atom. The lowest BCUT2D eigenvalue weighted by Gasteiger charge is -2.09. The Bertz CT molecular complexity index is 792. The van der Waals surface area contributed by atoms with Crippen LogP contribution in [-0.2, 0) is 6.54 Å². The highest BCUT2D eigenvalue weighted by atomic mass is 79.9. The second-order valence-corrected chi connectivity index (χ2v) is 6.04. The second kappa shape index (κ2) is 5.43. The van der Waals surface area contributed by atoms with Crippen LogP contribution in [0.4, 0.5) is 0 Å². The van der Waals surface area contributed by atoms with E-state index in [0.29, 0.717) is 11.6 Å². The average Bonchev–Trinajstić information content (AvgIpc) is 2.78. The van der Waals surface area contributed by atoms with Crippen LogP contribution in [0, 0.1) is 0 Å². The van der Waals surface area contributed by atoms with Crippen LogP contribution in [0.1, 0.15) is 0 Å². The van der Waals surface area contributed by atoms with Gasteiger partial charge in [-0.25, -0.2) is 4.98 Å². The van der Waals surface area contributed by atoms with E-state index in [2.05, 4.69) is 33.1 Å². The first-order valence-electron chi connectivity index (χ1n) is 6.20. The predicted octanol–water partition coefficient (Wildman–Crippen LogP) is 5.27. The van der Waals surface area contributed by atoms with E-state index in [-0.39, 0.29) is 0 Å². The van der Waals surface area contributed by atoms with Gasteiger partial charge in [-0.1, -0.05) is 58.4 Å². The van der Waals surface area contributed by atoms with Crippen molar-refractivity contribution >= 4 is 38.6 Å². The summed E-state index contributed by atoms with van der Waals surface area (Å²) in [5.74, 6) is 0.859. The van der Waals surface area contributed by atoms with E-state index in [4.69, 9.17) is 16.6 Å². The summed E-state index contributed by atoms with van der Waals surface area (Å²) in [4.78, 5) is 4.71. The maximum absolute atomic E-state index is 6.31. The summed E-state index contributed by atoms with van der Waals surface area (Å²) in [7, 11) is 0. The minimum Gasteiger partial charge on any atom is -0.319 e. The van der Waals surface area contributed by atoms with Crippen molar-refractivity contribution < 1.29 is 0 Å². The summed E-state index contributed by atoms with van der Waals surface area (Å²) in [6.07, 6.45) is 0. The number of para-hydroxylation sites is 2. The highest BCUT2D eigenvalue weighted by molar-refractivity contribution is 9.11. The number of allylic oxidation sites excluding steroid dienone is 1. The summed E-state index contributed by atoms with van der Waals surface area (Å²) in [5, 5.41) is 0.698. The minimum absolute atomic E-state index is 0.654. The van der Waals surface area contributed by atoms with E-state index in [1.54, 1.807) is 0 Å². The van der Waals surface area contributed by atoms with E-state index in [9.17, 15) is 0 Å². The van der Waals surface area contributed by atoms with Gasteiger partial charge in [0.2, 0.25) is 0 Å². The lowest BCUT2D eigenvalue weighted by molar-refractivity contribution is 0.855. The fourth-order valence-corrected chi connectivity index (χ4v) is 2.73. The molecule has 0 amide bonds. The molecule has 3 rings (SSSR count). The van der Waals surface area contributed by atoms with E-state index in [0.717, 1.165) is 26.9 Å². The Morgan fingerprint density at radius 2 is 1.85 bits per heavy atom. The van der Waals surface area contributed by atoms with E-state index < -0.39 is 0 Å². The van der Waals surface area contributed by atoms with Crippen molar-refractivity contribution in [2.24, 2.45) is 0 Å². The number of hydrogen-bond donors (Lipinski definition) is 0. The molecule has 1 aromatic heterocycles. The first-order valence-corrected chi connectivity index (χ1v) is 7.37.